The summed E-state index contributed by atoms with van der Waals surface area (Å²) in [7, 11) is 0. The predicted octanol–water partition coefficient (Wildman–Crippen LogP) is 6.98. The molecule has 0 aromatic carbocycles. The van der Waals surface area contributed by atoms with Crippen molar-refractivity contribution in [3.63, 3.8) is 0 Å². The third-order valence-corrected chi connectivity index (χ3v) is 10.7. The number of thiazole rings is 1. The second-order valence-corrected chi connectivity index (χ2v) is 13.4. The van der Waals surface area contributed by atoms with Crippen LogP contribution in [0, 0.1) is 11.8 Å². The maximum atomic E-state index is 13.3. The van der Waals surface area contributed by atoms with Crippen molar-refractivity contribution >= 4 is 73.7 Å². The van der Waals surface area contributed by atoms with Crippen LogP contribution < -0.4 is 15.1 Å². The van der Waals surface area contributed by atoms with Crippen LogP contribution in [0.2, 0.25) is 10.0 Å². The van der Waals surface area contributed by atoms with Crippen LogP contribution in [-0.2, 0) is 9.53 Å². The molecule has 3 aromatic heterocycles. The van der Waals surface area contributed by atoms with Crippen molar-refractivity contribution in [1.82, 2.24) is 9.97 Å². The molecule has 3 aromatic rings. The lowest BCUT2D eigenvalue weighted by Gasteiger charge is -2.46. The number of ether oxygens (including phenoxy) is 1. The van der Waals surface area contributed by atoms with Crippen molar-refractivity contribution in [3.8, 4) is 10.6 Å². The van der Waals surface area contributed by atoms with Crippen LogP contribution in [0.4, 0.5) is 16.0 Å². The molecule has 0 radical (unpaired) electrons. The zero-order chi connectivity index (χ0) is 27.8. The van der Waals surface area contributed by atoms with Crippen molar-refractivity contribution in [2.45, 2.75) is 51.5 Å². The molecular formula is C28H31Cl2N5O3S2. The van der Waals surface area contributed by atoms with Crippen molar-refractivity contribution in [1.29, 1.82) is 0 Å². The van der Waals surface area contributed by atoms with Crippen molar-refractivity contribution in [2.75, 3.05) is 41.4 Å². The molecule has 4 fully saturated rings. The fraction of sp³-hybridized carbons (Fsp3) is 0.500. The summed E-state index contributed by atoms with van der Waals surface area (Å²) in [4.78, 5) is 40.3. The standard InChI is InChI=1S/C28H31Cl2N5O3S2/c1-2-38-27(37)17-7-9-34(10-8-17)24-21(30)11-18(13-31-24)25(36)33-28-32-23(22-12-19(29)15-39-22)26(40-28)35-14-16-3-5-20(35)6-4-16/h11-13,15-17,20H,2-10,14H2,1H3,(H,32,33,36). The second-order valence-electron chi connectivity index (χ2n) is 10.6. The summed E-state index contributed by atoms with van der Waals surface area (Å²) in [6.07, 6.45) is 7.89. The average molecular weight is 621 g/mol. The number of anilines is 3. The Labute approximate surface area is 251 Å². The number of piperidine rings is 3. The number of carbonyl (C=O) groups excluding carboxylic acids is 2. The molecule has 8 nitrogen and oxygen atoms in total. The monoisotopic (exact) mass is 619 g/mol. The maximum Gasteiger partial charge on any atom is 0.309 e. The van der Waals surface area contributed by atoms with E-state index in [1.165, 1.54) is 37.0 Å². The molecule has 40 heavy (non-hydrogen) atoms. The number of nitrogens with zero attached hydrogens (tertiary/aromatic N) is 4. The van der Waals surface area contributed by atoms with Gasteiger partial charge in [0.05, 0.1) is 33.0 Å². The van der Waals surface area contributed by atoms with Crippen LogP contribution in [0.25, 0.3) is 10.6 Å². The number of hydrogen-bond acceptors (Lipinski definition) is 9. The first kappa shape index (κ1) is 27.8. The fourth-order valence-electron chi connectivity index (χ4n) is 6.02. The molecule has 0 atom stereocenters. The van der Waals surface area contributed by atoms with Crippen LogP contribution in [-0.4, -0.2) is 54.1 Å². The summed E-state index contributed by atoms with van der Waals surface area (Å²) < 4.78 is 5.16. The van der Waals surface area contributed by atoms with E-state index < -0.39 is 0 Å². The Hall–Kier alpha value is -2.40. The molecule has 212 valence electrons. The average Bonchev–Trinajstić information content (AvgIpc) is 3.60. The summed E-state index contributed by atoms with van der Waals surface area (Å²) in [6.45, 7) is 4.54. The number of hydrogen-bond donors (Lipinski definition) is 1. The zero-order valence-electron chi connectivity index (χ0n) is 22.2. The van der Waals surface area contributed by atoms with Gasteiger partial charge in [0.15, 0.2) is 5.13 Å². The van der Waals surface area contributed by atoms with E-state index in [-0.39, 0.29) is 17.8 Å². The zero-order valence-corrected chi connectivity index (χ0v) is 25.3. The molecule has 6 heterocycles. The van der Waals surface area contributed by atoms with Crippen molar-refractivity contribution in [3.05, 3.63) is 39.3 Å². The number of rotatable bonds is 7. The van der Waals surface area contributed by atoms with Crippen molar-refractivity contribution < 1.29 is 14.3 Å². The van der Waals surface area contributed by atoms with Crippen LogP contribution in [0.5, 0.6) is 0 Å². The minimum absolute atomic E-state index is 0.0987. The van der Waals surface area contributed by atoms with Gasteiger partial charge in [-0.2, -0.15) is 0 Å². The van der Waals surface area contributed by atoms with Crippen LogP contribution in [0.15, 0.2) is 23.7 Å². The van der Waals surface area contributed by atoms with E-state index in [1.54, 1.807) is 23.6 Å². The minimum Gasteiger partial charge on any atom is -0.466 e. The SMILES string of the molecule is CCOC(=O)C1CCN(c2ncc(C(=O)Nc3nc(-c4cc(Cl)cs4)c(N4CC5CCC4CC5)s3)cc2Cl)CC1. The Kier molecular flexibility index (Phi) is 8.21. The number of nitrogens with one attached hydrogen (secondary N) is 1. The molecule has 1 N–H and O–H groups in total. The maximum absolute atomic E-state index is 13.3. The normalized spacial score (nSPS) is 21.1. The molecule has 12 heteroatoms. The number of aromatic nitrogens is 2. The third kappa shape index (κ3) is 5.68. The van der Waals surface area contributed by atoms with Gasteiger partial charge in [-0.05, 0) is 63.5 Å². The van der Waals surface area contributed by atoms with E-state index in [4.69, 9.17) is 32.9 Å². The van der Waals surface area contributed by atoms with Crippen LogP contribution >= 0.6 is 45.9 Å². The number of halogens is 2. The molecular weight excluding hydrogens is 589 g/mol. The lowest BCUT2D eigenvalue weighted by atomic mass is 9.80. The number of esters is 1. The van der Waals surface area contributed by atoms with E-state index in [1.807, 2.05) is 18.4 Å². The molecule has 0 spiro atoms. The van der Waals surface area contributed by atoms with Gasteiger partial charge < -0.3 is 14.5 Å². The fourth-order valence-corrected chi connectivity index (χ4v) is 8.49. The van der Waals surface area contributed by atoms with Gasteiger partial charge in [-0.3, -0.25) is 14.9 Å². The summed E-state index contributed by atoms with van der Waals surface area (Å²) in [6, 6.07) is 4.10. The van der Waals surface area contributed by atoms with Crippen LogP contribution in [0.3, 0.4) is 0 Å². The van der Waals surface area contributed by atoms with Crippen LogP contribution in [0.1, 0.15) is 55.8 Å². The Bertz CT molecular complexity index is 1400. The van der Waals surface area contributed by atoms with E-state index in [2.05, 4.69) is 20.1 Å². The molecule has 7 rings (SSSR count). The summed E-state index contributed by atoms with van der Waals surface area (Å²) in [5.74, 6) is 0.787. The minimum atomic E-state index is -0.307. The lowest BCUT2D eigenvalue weighted by Crippen LogP contribution is -2.48. The Morgan fingerprint density at radius 1 is 1.12 bits per heavy atom. The van der Waals surface area contributed by atoms with E-state index in [9.17, 15) is 9.59 Å². The molecule has 1 saturated carbocycles. The smallest absolute Gasteiger partial charge is 0.309 e. The summed E-state index contributed by atoms with van der Waals surface area (Å²) in [5, 5.41) is 7.63. The highest BCUT2D eigenvalue weighted by Crippen LogP contribution is 2.47. The van der Waals surface area contributed by atoms with Gasteiger partial charge in [0.1, 0.15) is 16.5 Å². The van der Waals surface area contributed by atoms with Gasteiger partial charge in [-0.15, -0.1) is 11.3 Å². The second kappa shape index (κ2) is 11.8. The van der Waals surface area contributed by atoms with E-state index in [0.29, 0.717) is 71.1 Å². The highest BCUT2D eigenvalue weighted by molar-refractivity contribution is 7.21. The highest BCUT2D eigenvalue weighted by atomic mass is 35.5. The first-order chi connectivity index (χ1) is 19.4. The number of fused-ring (bicyclic) bond motifs is 3. The van der Waals surface area contributed by atoms with Gasteiger partial charge in [0.2, 0.25) is 0 Å². The number of pyridine rings is 1. The third-order valence-electron chi connectivity index (χ3n) is 8.10. The molecule has 3 aliphatic heterocycles. The Balaban J connectivity index is 1.17. The van der Waals surface area contributed by atoms with Gasteiger partial charge in [-0.25, -0.2) is 9.97 Å². The molecule has 3 saturated heterocycles. The van der Waals surface area contributed by atoms with Gasteiger partial charge in [-0.1, -0.05) is 34.5 Å². The molecule has 1 aliphatic carbocycles. The number of amides is 1. The molecule has 0 unspecified atom stereocenters. The Morgan fingerprint density at radius 3 is 2.52 bits per heavy atom. The van der Waals surface area contributed by atoms with Crippen molar-refractivity contribution in [2.24, 2.45) is 11.8 Å². The quantitative estimate of drug-likeness (QED) is 0.285. The van der Waals surface area contributed by atoms with Gasteiger partial charge in [0.25, 0.3) is 5.91 Å². The highest BCUT2D eigenvalue weighted by Gasteiger charge is 2.36. The van der Waals surface area contributed by atoms with E-state index >= 15 is 0 Å². The largest absolute Gasteiger partial charge is 0.466 e. The lowest BCUT2D eigenvalue weighted by molar-refractivity contribution is -0.148. The molecule has 4 aliphatic rings. The molecule has 1 amide bonds. The van der Waals surface area contributed by atoms with Gasteiger partial charge >= 0.3 is 5.97 Å². The number of carbonyl (C=O) groups is 2. The topological polar surface area (TPSA) is 87.7 Å². The Morgan fingerprint density at radius 2 is 1.90 bits per heavy atom. The van der Waals surface area contributed by atoms with Gasteiger partial charge in [0, 0.05) is 37.3 Å². The first-order valence-corrected chi connectivity index (χ1v) is 16.2. The predicted molar refractivity (Wildman–Crippen MR) is 162 cm³/mol. The molecule has 2 bridgehead atoms. The summed E-state index contributed by atoms with van der Waals surface area (Å²) >= 11 is 15.9. The van der Waals surface area contributed by atoms with E-state index in [0.717, 1.165) is 22.1 Å². The first-order valence-electron chi connectivity index (χ1n) is 13.8. The number of thiophene rings is 1. The summed E-state index contributed by atoms with van der Waals surface area (Å²) in [5.41, 5.74) is 1.24.